The van der Waals surface area contributed by atoms with E-state index >= 15 is 0 Å². The Kier molecular flexibility index (Phi) is 5.09. The van der Waals surface area contributed by atoms with E-state index in [0.717, 1.165) is 35.2 Å². The van der Waals surface area contributed by atoms with Crippen molar-refractivity contribution in [3.8, 4) is 0 Å². The highest BCUT2D eigenvalue weighted by atomic mass is 16.5. The summed E-state index contributed by atoms with van der Waals surface area (Å²) in [5.74, 6) is 0.503. The van der Waals surface area contributed by atoms with Gasteiger partial charge in [0.15, 0.2) is 5.82 Å². The second-order valence-corrected chi connectivity index (χ2v) is 4.88. The minimum Gasteiger partial charge on any atom is -0.465 e. The lowest BCUT2D eigenvalue weighted by molar-refractivity contribution is -0.141. The van der Waals surface area contributed by atoms with Crippen LogP contribution < -0.4 is 4.90 Å². The summed E-state index contributed by atoms with van der Waals surface area (Å²) in [5, 5.41) is 10.6. The number of aromatic nitrogens is 2. The molecule has 1 aromatic carbocycles. The van der Waals surface area contributed by atoms with E-state index in [4.69, 9.17) is 4.74 Å². The van der Waals surface area contributed by atoms with Crippen molar-refractivity contribution in [2.45, 2.75) is 27.2 Å². The van der Waals surface area contributed by atoms with Gasteiger partial charge in [-0.2, -0.15) is 5.10 Å². The molecule has 5 nitrogen and oxygen atoms in total. The smallest absolute Gasteiger partial charge is 0.325 e. The highest BCUT2D eigenvalue weighted by Crippen LogP contribution is 2.25. The van der Waals surface area contributed by atoms with Crippen molar-refractivity contribution in [2.24, 2.45) is 0 Å². The van der Waals surface area contributed by atoms with Gasteiger partial charge in [-0.15, -0.1) is 5.10 Å². The number of hydrogen-bond acceptors (Lipinski definition) is 5. The van der Waals surface area contributed by atoms with Crippen molar-refractivity contribution in [2.75, 3.05) is 24.6 Å². The van der Waals surface area contributed by atoms with Gasteiger partial charge in [-0.25, -0.2) is 0 Å². The molecule has 0 amide bonds. The number of hydrogen-bond donors (Lipinski definition) is 0. The number of anilines is 1. The van der Waals surface area contributed by atoms with E-state index in [1.165, 1.54) is 0 Å². The van der Waals surface area contributed by atoms with Crippen molar-refractivity contribution < 1.29 is 9.53 Å². The van der Waals surface area contributed by atoms with E-state index in [1.807, 2.05) is 43.0 Å². The molecule has 0 fully saturated rings. The molecule has 0 atom stereocenters. The third kappa shape index (κ3) is 3.48. The number of rotatable bonds is 6. The molecular weight excluding hydrogens is 266 g/mol. The standard InChI is InChI=1S/C16H21N3O2/c1-4-10-19(11-15(20)21-5-2)16-14-9-7-6-8-13(14)12(3)17-18-16/h6-9H,4-5,10-11H2,1-3H3. The summed E-state index contributed by atoms with van der Waals surface area (Å²) in [6.45, 7) is 7.14. The van der Waals surface area contributed by atoms with Gasteiger partial charge in [0.25, 0.3) is 0 Å². The minimum atomic E-state index is -0.239. The summed E-state index contributed by atoms with van der Waals surface area (Å²) in [4.78, 5) is 13.7. The summed E-state index contributed by atoms with van der Waals surface area (Å²) in [6, 6.07) is 8.00. The fraction of sp³-hybridized carbons (Fsp3) is 0.438. The maximum atomic E-state index is 11.8. The molecule has 2 aromatic rings. The molecule has 0 aliphatic rings. The topological polar surface area (TPSA) is 55.3 Å². The van der Waals surface area contributed by atoms with Crippen LogP contribution in [0.3, 0.4) is 0 Å². The number of esters is 1. The number of carbonyl (C=O) groups excluding carboxylic acids is 1. The first-order chi connectivity index (χ1) is 10.2. The monoisotopic (exact) mass is 287 g/mol. The zero-order valence-electron chi connectivity index (χ0n) is 12.8. The molecular formula is C16H21N3O2. The van der Waals surface area contributed by atoms with E-state index < -0.39 is 0 Å². The zero-order valence-corrected chi connectivity index (χ0v) is 12.8. The number of benzene rings is 1. The van der Waals surface area contributed by atoms with Crippen molar-refractivity contribution in [3.05, 3.63) is 30.0 Å². The van der Waals surface area contributed by atoms with Crippen molar-refractivity contribution in [1.29, 1.82) is 0 Å². The third-order valence-corrected chi connectivity index (χ3v) is 3.27. The second-order valence-electron chi connectivity index (χ2n) is 4.88. The average Bonchev–Trinajstić information content (AvgIpc) is 2.48. The predicted molar refractivity (Wildman–Crippen MR) is 83.4 cm³/mol. The van der Waals surface area contributed by atoms with E-state index in [2.05, 4.69) is 17.1 Å². The van der Waals surface area contributed by atoms with Crippen molar-refractivity contribution in [3.63, 3.8) is 0 Å². The van der Waals surface area contributed by atoms with Gasteiger partial charge >= 0.3 is 5.97 Å². The molecule has 0 bridgehead atoms. The van der Waals surface area contributed by atoms with Crippen LogP contribution >= 0.6 is 0 Å². The summed E-state index contributed by atoms with van der Waals surface area (Å²) < 4.78 is 5.05. The lowest BCUT2D eigenvalue weighted by Crippen LogP contribution is -2.32. The van der Waals surface area contributed by atoms with Crippen molar-refractivity contribution in [1.82, 2.24) is 10.2 Å². The second kappa shape index (κ2) is 7.02. The molecule has 0 N–H and O–H groups in total. The van der Waals surface area contributed by atoms with E-state index in [1.54, 1.807) is 0 Å². The maximum Gasteiger partial charge on any atom is 0.325 e. The lowest BCUT2D eigenvalue weighted by Gasteiger charge is -2.23. The number of nitrogens with zero attached hydrogens (tertiary/aromatic N) is 3. The van der Waals surface area contributed by atoms with Gasteiger partial charge in [-0.3, -0.25) is 4.79 Å². The zero-order chi connectivity index (χ0) is 15.2. The van der Waals surface area contributed by atoms with E-state index in [9.17, 15) is 4.79 Å². The van der Waals surface area contributed by atoms with Gasteiger partial charge in [0, 0.05) is 17.3 Å². The summed E-state index contributed by atoms with van der Waals surface area (Å²) >= 11 is 0. The number of carbonyl (C=O) groups is 1. The molecule has 0 saturated heterocycles. The van der Waals surface area contributed by atoms with E-state index in [-0.39, 0.29) is 12.5 Å². The molecule has 21 heavy (non-hydrogen) atoms. The molecule has 0 aliphatic carbocycles. The molecule has 1 aromatic heterocycles. The lowest BCUT2D eigenvalue weighted by atomic mass is 10.1. The molecule has 2 rings (SSSR count). The van der Waals surface area contributed by atoms with Gasteiger partial charge in [-0.05, 0) is 20.3 Å². The average molecular weight is 287 g/mol. The maximum absolute atomic E-state index is 11.8. The highest BCUT2D eigenvalue weighted by Gasteiger charge is 2.16. The first kappa shape index (κ1) is 15.2. The molecule has 112 valence electrons. The van der Waals surface area contributed by atoms with Gasteiger partial charge in [0.1, 0.15) is 6.54 Å². The summed E-state index contributed by atoms with van der Waals surface area (Å²) in [5.41, 5.74) is 0.891. The van der Waals surface area contributed by atoms with Crippen LogP contribution in [0.25, 0.3) is 10.8 Å². The Morgan fingerprint density at radius 2 is 1.90 bits per heavy atom. The van der Waals surface area contributed by atoms with Crippen molar-refractivity contribution >= 4 is 22.6 Å². The van der Waals surface area contributed by atoms with Crippen LogP contribution in [0, 0.1) is 6.92 Å². The molecule has 0 spiro atoms. The Morgan fingerprint density at radius 1 is 1.19 bits per heavy atom. The predicted octanol–water partition coefficient (Wildman–Crippen LogP) is 2.72. The summed E-state index contributed by atoms with van der Waals surface area (Å²) in [7, 11) is 0. The highest BCUT2D eigenvalue weighted by molar-refractivity contribution is 5.94. The Morgan fingerprint density at radius 3 is 2.57 bits per heavy atom. The molecule has 1 heterocycles. The number of fused-ring (bicyclic) bond motifs is 1. The van der Waals surface area contributed by atoms with Crippen LogP contribution in [0.15, 0.2) is 24.3 Å². The molecule has 0 unspecified atom stereocenters. The fourth-order valence-corrected chi connectivity index (χ4v) is 2.35. The van der Waals surface area contributed by atoms with Crippen LogP contribution in [-0.4, -0.2) is 35.9 Å². The Balaban J connectivity index is 2.40. The van der Waals surface area contributed by atoms with Crippen LogP contribution in [-0.2, 0) is 9.53 Å². The normalized spacial score (nSPS) is 10.6. The Bertz CT molecular complexity index is 628. The van der Waals surface area contributed by atoms with Crippen LogP contribution in [0.1, 0.15) is 26.0 Å². The van der Waals surface area contributed by atoms with Crippen LogP contribution in [0.5, 0.6) is 0 Å². The van der Waals surface area contributed by atoms with E-state index in [0.29, 0.717) is 6.61 Å². The quantitative estimate of drug-likeness (QED) is 0.765. The largest absolute Gasteiger partial charge is 0.465 e. The molecule has 5 heteroatoms. The van der Waals surface area contributed by atoms with Gasteiger partial charge in [0.05, 0.1) is 12.3 Å². The Hall–Kier alpha value is -2.17. The SMILES string of the molecule is CCCN(CC(=O)OCC)c1nnc(C)c2ccccc12. The van der Waals surface area contributed by atoms with Crippen LogP contribution in [0.2, 0.25) is 0 Å². The van der Waals surface area contributed by atoms with Crippen LogP contribution in [0.4, 0.5) is 5.82 Å². The van der Waals surface area contributed by atoms with Gasteiger partial charge in [-0.1, -0.05) is 31.2 Å². The first-order valence-electron chi connectivity index (χ1n) is 7.30. The van der Waals surface area contributed by atoms with Gasteiger partial charge in [0.2, 0.25) is 0 Å². The first-order valence-corrected chi connectivity index (χ1v) is 7.30. The van der Waals surface area contributed by atoms with Gasteiger partial charge < -0.3 is 9.64 Å². The molecule has 0 aliphatic heterocycles. The number of ether oxygens (including phenoxy) is 1. The Labute approximate surface area is 124 Å². The number of aryl methyl sites for hydroxylation is 1. The minimum absolute atomic E-state index is 0.198. The summed E-state index contributed by atoms with van der Waals surface area (Å²) in [6.07, 6.45) is 0.920. The third-order valence-electron chi connectivity index (χ3n) is 3.27. The molecule has 0 saturated carbocycles. The molecule has 0 radical (unpaired) electrons. The fourth-order valence-electron chi connectivity index (χ4n) is 2.35.